The van der Waals surface area contributed by atoms with Gasteiger partial charge in [-0.25, -0.2) is 9.82 Å². The molecule has 31 heavy (non-hydrogen) atoms. The smallest absolute Gasteiger partial charge is 0.299 e. The Hall–Kier alpha value is -2.82. The number of methoxy groups -OCH3 is 2. The summed E-state index contributed by atoms with van der Waals surface area (Å²) in [4.78, 5) is 12.6. The number of rotatable bonds is 5. The van der Waals surface area contributed by atoms with Gasteiger partial charge in [0, 0.05) is 25.4 Å². The van der Waals surface area contributed by atoms with E-state index in [1.165, 1.54) is 23.2 Å². The lowest BCUT2D eigenvalue weighted by Gasteiger charge is -2.16. The molecule has 0 fully saturated rings. The first kappa shape index (κ1) is 22.9. The number of anilines is 1. The second-order valence-corrected chi connectivity index (χ2v) is 8.61. The van der Waals surface area contributed by atoms with Crippen molar-refractivity contribution in [2.45, 2.75) is 12.8 Å². The Morgan fingerprint density at radius 2 is 1.74 bits per heavy atom. The van der Waals surface area contributed by atoms with Crippen molar-refractivity contribution < 1.29 is 17.9 Å². The van der Waals surface area contributed by atoms with Crippen LogP contribution in [0.25, 0.3) is 10.8 Å². The maximum atomic E-state index is 12.6. The zero-order chi connectivity index (χ0) is 21.6. The molecule has 0 unspecified atom stereocenters. The van der Waals surface area contributed by atoms with Gasteiger partial charge < -0.3 is 9.47 Å². The number of ether oxygens (including phenoxy) is 2. The third kappa shape index (κ3) is 4.06. The lowest BCUT2D eigenvalue weighted by atomic mass is 10.0. The number of benzene rings is 2. The van der Waals surface area contributed by atoms with Crippen molar-refractivity contribution in [3.63, 3.8) is 0 Å². The minimum absolute atomic E-state index is 0. The monoisotopic (exact) mass is 466 g/mol. The number of fused-ring (bicyclic) bond motifs is 2. The van der Waals surface area contributed by atoms with Crippen molar-refractivity contribution in [1.82, 2.24) is 9.78 Å². The van der Waals surface area contributed by atoms with Gasteiger partial charge in [-0.05, 0) is 35.7 Å². The fourth-order valence-corrected chi connectivity index (χ4v) is 4.67. The van der Waals surface area contributed by atoms with E-state index in [2.05, 4.69) is 5.10 Å². The lowest BCUT2D eigenvalue weighted by molar-refractivity contribution is 0.355. The SMILES string of the molecule is COc1cc2c(Cc3ccc4c(c3)CCN4S(N)(=O)=O)nn(C)c(=O)c2cc1OC.Cl. The van der Waals surface area contributed by atoms with Crippen LogP contribution in [-0.4, -0.2) is 39.0 Å². The van der Waals surface area contributed by atoms with E-state index < -0.39 is 10.2 Å². The zero-order valence-corrected chi connectivity index (χ0v) is 18.9. The van der Waals surface area contributed by atoms with E-state index in [4.69, 9.17) is 14.6 Å². The van der Waals surface area contributed by atoms with Gasteiger partial charge in [0.15, 0.2) is 11.5 Å². The highest BCUT2D eigenvalue weighted by Gasteiger charge is 2.26. The van der Waals surface area contributed by atoms with E-state index in [1.54, 1.807) is 25.2 Å². The van der Waals surface area contributed by atoms with Crippen LogP contribution in [0.2, 0.25) is 0 Å². The van der Waals surface area contributed by atoms with Crippen LogP contribution in [0.4, 0.5) is 5.69 Å². The van der Waals surface area contributed by atoms with Gasteiger partial charge in [0.2, 0.25) is 0 Å². The quantitative estimate of drug-likeness (QED) is 0.609. The Morgan fingerprint density at radius 1 is 1.10 bits per heavy atom. The molecule has 4 rings (SSSR count). The highest BCUT2D eigenvalue weighted by atomic mass is 35.5. The fraction of sp³-hybridized carbons (Fsp3) is 0.300. The molecule has 3 aromatic rings. The number of aromatic nitrogens is 2. The second-order valence-electron chi connectivity index (χ2n) is 7.14. The summed E-state index contributed by atoms with van der Waals surface area (Å²) in [6.07, 6.45) is 1.05. The first-order valence-electron chi connectivity index (χ1n) is 9.27. The maximum Gasteiger partial charge on any atom is 0.299 e. The van der Waals surface area contributed by atoms with Crippen molar-refractivity contribution in [3.8, 4) is 11.5 Å². The molecule has 0 amide bonds. The Morgan fingerprint density at radius 3 is 2.35 bits per heavy atom. The van der Waals surface area contributed by atoms with Crippen molar-refractivity contribution in [2.24, 2.45) is 12.2 Å². The molecule has 166 valence electrons. The van der Waals surface area contributed by atoms with E-state index in [1.807, 2.05) is 12.1 Å². The standard InChI is InChI=1S/C20H22N4O5S.ClH/c1-23-20(25)15-11-19(29-3)18(28-2)10-14(15)16(22-23)9-12-4-5-17-13(8-12)6-7-24(17)30(21,26)27;/h4-5,8,10-11H,6-7,9H2,1-3H3,(H2,21,26,27);1H. The second kappa shape index (κ2) is 8.37. The van der Waals surface area contributed by atoms with E-state index in [9.17, 15) is 13.2 Å². The zero-order valence-electron chi connectivity index (χ0n) is 17.3. The molecule has 1 aromatic heterocycles. The van der Waals surface area contributed by atoms with Gasteiger partial charge in [-0.15, -0.1) is 12.4 Å². The summed E-state index contributed by atoms with van der Waals surface area (Å²) < 4.78 is 36.7. The van der Waals surface area contributed by atoms with Crippen LogP contribution in [0.3, 0.4) is 0 Å². The van der Waals surface area contributed by atoms with Gasteiger partial charge in [-0.3, -0.25) is 9.10 Å². The molecule has 1 aliphatic heterocycles. The molecule has 0 saturated heterocycles. The number of nitrogens with zero attached hydrogens (tertiary/aromatic N) is 3. The Labute approximate surface area is 186 Å². The Kier molecular flexibility index (Phi) is 6.17. The van der Waals surface area contributed by atoms with E-state index in [0.717, 1.165) is 11.1 Å². The number of halogens is 1. The molecule has 11 heteroatoms. The van der Waals surface area contributed by atoms with Crippen LogP contribution in [0, 0.1) is 0 Å². The van der Waals surface area contributed by atoms with Crippen molar-refractivity contribution in [3.05, 3.63) is 57.5 Å². The predicted octanol–water partition coefficient (Wildman–Crippen LogP) is 1.53. The summed E-state index contributed by atoms with van der Waals surface area (Å²) in [6.45, 7) is 0.329. The summed E-state index contributed by atoms with van der Waals surface area (Å²) in [5.74, 6) is 0.985. The minimum Gasteiger partial charge on any atom is -0.493 e. The maximum absolute atomic E-state index is 12.6. The molecule has 2 N–H and O–H groups in total. The fourth-order valence-electron chi connectivity index (χ4n) is 3.87. The molecule has 0 spiro atoms. The van der Waals surface area contributed by atoms with Gasteiger partial charge >= 0.3 is 0 Å². The molecule has 0 aliphatic carbocycles. The Balaban J connectivity index is 0.00000272. The topological polar surface area (TPSA) is 117 Å². The minimum atomic E-state index is -3.78. The summed E-state index contributed by atoms with van der Waals surface area (Å²) in [5, 5.41) is 10.9. The molecule has 0 atom stereocenters. The molecule has 9 nitrogen and oxygen atoms in total. The molecule has 0 saturated carbocycles. The lowest BCUT2D eigenvalue weighted by Crippen LogP contribution is -2.35. The van der Waals surface area contributed by atoms with Crippen LogP contribution in [-0.2, 0) is 30.1 Å². The van der Waals surface area contributed by atoms with Crippen molar-refractivity contribution >= 4 is 39.1 Å². The van der Waals surface area contributed by atoms with Gasteiger partial charge in [-0.2, -0.15) is 13.5 Å². The van der Waals surface area contributed by atoms with Crippen LogP contribution < -0.4 is 24.5 Å². The first-order valence-corrected chi connectivity index (χ1v) is 10.8. The first-order chi connectivity index (χ1) is 14.2. The third-order valence-electron chi connectivity index (χ3n) is 5.31. The summed E-state index contributed by atoms with van der Waals surface area (Å²) >= 11 is 0. The van der Waals surface area contributed by atoms with Gasteiger partial charge in [0.05, 0.1) is 31.0 Å². The number of hydrogen-bond donors (Lipinski definition) is 1. The number of aryl methyl sites for hydroxylation is 1. The van der Waals surface area contributed by atoms with Crippen molar-refractivity contribution in [1.29, 1.82) is 0 Å². The summed E-state index contributed by atoms with van der Waals surface area (Å²) in [5.41, 5.74) is 2.94. The van der Waals surface area contributed by atoms with Crippen molar-refractivity contribution in [2.75, 3.05) is 25.1 Å². The normalized spacial score (nSPS) is 13.1. The van der Waals surface area contributed by atoms with Crippen LogP contribution >= 0.6 is 12.4 Å². The molecule has 0 radical (unpaired) electrons. The van der Waals surface area contributed by atoms with E-state index >= 15 is 0 Å². The van der Waals surface area contributed by atoms with Crippen LogP contribution in [0.1, 0.15) is 16.8 Å². The summed E-state index contributed by atoms with van der Waals surface area (Å²) in [6, 6.07) is 8.99. The van der Waals surface area contributed by atoms with E-state index in [-0.39, 0.29) is 18.0 Å². The predicted molar refractivity (Wildman–Crippen MR) is 121 cm³/mol. The van der Waals surface area contributed by atoms with Crippen LogP contribution in [0.5, 0.6) is 11.5 Å². The molecule has 0 bridgehead atoms. The Bertz CT molecular complexity index is 1320. The van der Waals surface area contributed by atoms with Gasteiger partial charge in [0.1, 0.15) is 0 Å². The van der Waals surface area contributed by atoms with E-state index in [0.29, 0.717) is 53.0 Å². The molecule has 2 heterocycles. The summed E-state index contributed by atoms with van der Waals surface area (Å²) in [7, 11) is 0.879. The van der Waals surface area contributed by atoms with Gasteiger partial charge in [0.25, 0.3) is 15.8 Å². The van der Waals surface area contributed by atoms with Crippen LogP contribution in [0.15, 0.2) is 35.1 Å². The molecular weight excluding hydrogens is 444 g/mol. The average molecular weight is 467 g/mol. The molecule has 1 aliphatic rings. The van der Waals surface area contributed by atoms with Gasteiger partial charge in [-0.1, -0.05) is 12.1 Å². The molecule has 2 aromatic carbocycles. The number of nitrogens with two attached hydrogens (primary N) is 1. The number of hydrogen-bond acceptors (Lipinski definition) is 6. The highest BCUT2D eigenvalue weighted by molar-refractivity contribution is 7.90. The average Bonchev–Trinajstić information content (AvgIpc) is 3.14. The third-order valence-corrected chi connectivity index (χ3v) is 6.30. The molecular formula is C20H23ClN4O5S. The largest absolute Gasteiger partial charge is 0.493 e. The highest BCUT2D eigenvalue weighted by Crippen LogP contribution is 2.34.